The van der Waals surface area contributed by atoms with Crippen LogP contribution < -0.4 is 5.32 Å². The van der Waals surface area contributed by atoms with Gasteiger partial charge in [-0.05, 0) is 81.2 Å². The maximum atomic E-state index is 13.6. The molecule has 3 aromatic rings. The molecule has 1 amide bonds. The fraction of sp³-hybridized carbons (Fsp3) is 0.345. The molecule has 1 aliphatic heterocycles. The van der Waals surface area contributed by atoms with Crippen molar-refractivity contribution < 1.29 is 13.2 Å². The zero-order chi connectivity index (χ0) is 25.1. The van der Waals surface area contributed by atoms with Gasteiger partial charge in [-0.3, -0.25) is 4.79 Å². The van der Waals surface area contributed by atoms with Gasteiger partial charge in [-0.15, -0.1) is 0 Å². The van der Waals surface area contributed by atoms with Crippen molar-refractivity contribution in [2.75, 3.05) is 25.5 Å². The van der Waals surface area contributed by atoms with Crippen LogP contribution in [0.1, 0.15) is 42.7 Å². The van der Waals surface area contributed by atoms with E-state index in [4.69, 9.17) is 0 Å². The number of amides is 1. The van der Waals surface area contributed by atoms with Gasteiger partial charge in [0.2, 0.25) is 15.9 Å². The number of nitrogens with one attached hydrogen (secondary N) is 1. The van der Waals surface area contributed by atoms with E-state index in [-0.39, 0.29) is 22.9 Å². The Kier molecular flexibility index (Phi) is 7.23. The van der Waals surface area contributed by atoms with E-state index in [0.717, 1.165) is 49.9 Å². The van der Waals surface area contributed by atoms with Crippen molar-refractivity contribution in [1.82, 2.24) is 9.21 Å². The topological polar surface area (TPSA) is 69.7 Å². The van der Waals surface area contributed by atoms with Gasteiger partial charge in [-0.2, -0.15) is 4.31 Å². The molecule has 1 saturated heterocycles. The molecular weight excluding hydrogens is 470 g/mol. The fourth-order valence-electron chi connectivity index (χ4n) is 5.10. The van der Waals surface area contributed by atoms with Crippen LogP contribution in [0, 0.1) is 0 Å². The van der Waals surface area contributed by atoms with Gasteiger partial charge in [-0.25, -0.2) is 8.42 Å². The predicted octanol–water partition coefficient (Wildman–Crippen LogP) is 4.70. The summed E-state index contributed by atoms with van der Waals surface area (Å²) in [5.41, 5.74) is 2.38. The first kappa shape index (κ1) is 24.7. The fourth-order valence-corrected chi connectivity index (χ4v) is 7.03. The van der Waals surface area contributed by atoms with Gasteiger partial charge in [0.15, 0.2) is 0 Å². The quantitative estimate of drug-likeness (QED) is 0.484. The van der Waals surface area contributed by atoms with Crippen LogP contribution in [-0.4, -0.2) is 55.8 Å². The third-order valence-corrected chi connectivity index (χ3v) is 9.20. The zero-order valence-electron chi connectivity index (χ0n) is 20.6. The summed E-state index contributed by atoms with van der Waals surface area (Å²) in [7, 11) is -1.52. The first-order chi connectivity index (χ1) is 17.4. The number of hydrogen-bond acceptors (Lipinski definition) is 4. The summed E-state index contributed by atoms with van der Waals surface area (Å²) in [6.07, 6.45) is 3.58. The number of anilines is 1. The highest BCUT2D eigenvalue weighted by Crippen LogP contribution is 2.37. The summed E-state index contributed by atoms with van der Waals surface area (Å²) in [5, 5.41) is 3.00. The number of nitrogens with zero attached hydrogens (tertiary/aromatic N) is 2. The molecule has 1 aliphatic carbocycles. The van der Waals surface area contributed by atoms with Gasteiger partial charge in [0.1, 0.15) is 0 Å². The van der Waals surface area contributed by atoms with Crippen LogP contribution in [0.25, 0.3) is 0 Å². The molecule has 7 heteroatoms. The first-order valence-corrected chi connectivity index (χ1v) is 14.1. The van der Waals surface area contributed by atoms with Crippen LogP contribution >= 0.6 is 0 Å². The summed E-state index contributed by atoms with van der Waals surface area (Å²) in [5.74, 6) is -0.625. The molecule has 0 atom stereocenters. The van der Waals surface area contributed by atoms with Gasteiger partial charge < -0.3 is 10.2 Å². The molecule has 0 bridgehead atoms. The van der Waals surface area contributed by atoms with Crippen LogP contribution in [0.15, 0.2) is 89.8 Å². The van der Waals surface area contributed by atoms with Crippen LogP contribution in [-0.2, 0) is 14.8 Å². The Morgan fingerprint density at radius 2 is 1.31 bits per heavy atom. The third kappa shape index (κ3) is 5.38. The Labute approximate surface area is 214 Å². The van der Waals surface area contributed by atoms with Crippen molar-refractivity contribution in [2.24, 2.45) is 0 Å². The Balaban J connectivity index is 1.35. The second-order valence-corrected chi connectivity index (χ2v) is 11.7. The summed E-state index contributed by atoms with van der Waals surface area (Å²) < 4.78 is 29.0. The lowest BCUT2D eigenvalue weighted by molar-refractivity contribution is -0.116. The van der Waals surface area contributed by atoms with Crippen LogP contribution in [0.2, 0.25) is 0 Å². The maximum Gasteiger partial charge on any atom is 0.243 e. The number of benzene rings is 3. The van der Waals surface area contributed by atoms with Gasteiger partial charge in [0, 0.05) is 17.8 Å². The molecule has 2 fully saturated rings. The average Bonchev–Trinajstić information content (AvgIpc) is 3.72. The molecular formula is C29H33N3O3S. The Hall–Kier alpha value is -3.00. The molecule has 188 valence electrons. The van der Waals surface area contributed by atoms with Crippen molar-refractivity contribution in [3.8, 4) is 0 Å². The van der Waals surface area contributed by atoms with E-state index in [2.05, 4.69) is 17.3 Å². The number of piperidine rings is 1. The van der Waals surface area contributed by atoms with E-state index < -0.39 is 15.9 Å². The van der Waals surface area contributed by atoms with Gasteiger partial charge >= 0.3 is 0 Å². The third-order valence-electron chi connectivity index (χ3n) is 7.18. The van der Waals surface area contributed by atoms with Gasteiger partial charge in [0.05, 0.1) is 10.8 Å². The van der Waals surface area contributed by atoms with Gasteiger partial charge in [-0.1, -0.05) is 60.7 Å². The minimum absolute atomic E-state index is 0.0515. The Bertz CT molecular complexity index is 1230. The smallest absolute Gasteiger partial charge is 0.243 e. The van der Waals surface area contributed by atoms with E-state index >= 15 is 0 Å². The number of likely N-dealkylation sites (tertiary alicyclic amines) is 1. The number of hydrogen-bond donors (Lipinski definition) is 1. The zero-order valence-corrected chi connectivity index (χ0v) is 21.4. The van der Waals surface area contributed by atoms with Crippen molar-refractivity contribution in [2.45, 2.75) is 48.6 Å². The molecule has 1 heterocycles. The highest BCUT2D eigenvalue weighted by Gasteiger charge is 2.43. The minimum Gasteiger partial charge on any atom is -0.325 e. The van der Waals surface area contributed by atoms with E-state index in [9.17, 15) is 13.2 Å². The van der Waals surface area contributed by atoms with E-state index in [1.807, 2.05) is 60.7 Å². The van der Waals surface area contributed by atoms with Crippen molar-refractivity contribution in [3.05, 3.63) is 96.1 Å². The van der Waals surface area contributed by atoms with Crippen molar-refractivity contribution in [3.63, 3.8) is 0 Å². The van der Waals surface area contributed by atoms with Crippen molar-refractivity contribution >= 4 is 21.6 Å². The SMILES string of the molecule is CN1CCC(N(C2CC2)S(=O)(=O)c2ccc(NC(=O)C(c3ccccc3)c3ccccc3)cc2)CC1. The highest BCUT2D eigenvalue weighted by atomic mass is 32.2. The molecule has 0 aromatic heterocycles. The highest BCUT2D eigenvalue weighted by molar-refractivity contribution is 7.89. The molecule has 2 aliphatic rings. The lowest BCUT2D eigenvalue weighted by Crippen LogP contribution is -2.47. The molecule has 3 aromatic carbocycles. The van der Waals surface area contributed by atoms with Crippen LogP contribution in [0.3, 0.4) is 0 Å². The lowest BCUT2D eigenvalue weighted by atomic mass is 9.90. The number of sulfonamides is 1. The molecule has 0 radical (unpaired) electrons. The van der Waals surface area contributed by atoms with Crippen molar-refractivity contribution in [1.29, 1.82) is 0 Å². The Morgan fingerprint density at radius 1 is 0.806 bits per heavy atom. The molecule has 6 nitrogen and oxygen atoms in total. The number of carbonyl (C=O) groups excluding carboxylic acids is 1. The first-order valence-electron chi connectivity index (χ1n) is 12.7. The standard InChI is InChI=1S/C29H33N3O3S/c1-31-20-18-26(19-21-31)32(25-14-15-25)36(34,35)27-16-12-24(13-17-27)30-29(33)28(22-8-4-2-5-9-22)23-10-6-3-7-11-23/h2-13,16-17,25-26,28H,14-15,18-21H2,1H3,(H,30,33). The second-order valence-electron chi connectivity index (χ2n) is 9.87. The molecule has 36 heavy (non-hydrogen) atoms. The molecule has 1 saturated carbocycles. The maximum absolute atomic E-state index is 13.6. The summed E-state index contributed by atoms with van der Waals surface area (Å²) in [6.45, 7) is 1.83. The average molecular weight is 504 g/mol. The van der Waals surface area contributed by atoms with Gasteiger partial charge in [0.25, 0.3) is 0 Å². The lowest BCUT2D eigenvalue weighted by Gasteiger charge is -2.36. The Morgan fingerprint density at radius 3 is 1.81 bits per heavy atom. The predicted molar refractivity (Wildman–Crippen MR) is 142 cm³/mol. The minimum atomic E-state index is -3.60. The molecule has 5 rings (SSSR count). The van der Waals surface area contributed by atoms with E-state index in [0.29, 0.717) is 5.69 Å². The van der Waals surface area contributed by atoms with E-state index in [1.54, 1.807) is 28.6 Å². The molecule has 0 unspecified atom stereocenters. The second kappa shape index (κ2) is 10.5. The number of carbonyl (C=O) groups is 1. The number of rotatable bonds is 8. The summed E-state index contributed by atoms with van der Waals surface area (Å²) in [4.78, 5) is 15.9. The normalized spacial score (nSPS) is 17.4. The largest absolute Gasteiger partial charge is 0.325 e. The van der Waals surface area contributed by atoms with E-state index in [1.165, 1.54) is 0 Å². The molecule has 1 N–H and O–H groups in total. The monoisotopic (exact) mass is 503 g/mol. The van der Waals surface area contributed by atoms with Crippen LogP contribution in [0.5, 0.6) is 0 Å². The van der Waals surface area contributed by atoms with Crippen LogP contribution in [0.4, 0.5) is 5.69 Å². The molecule has 0 spiro atoms. The summed E-state index contributed by atoms with van der Waals surface area (Å²) in [6, 6.07) is 26.1. The summed E-state index contributed by atoms with van der Waals surface area (Å²) >= 11 is 0.